The van der Waals surface area contributed by atoms with Gasteiger partial charge >= 0.3 is 17.6 Å². The molecule has 0 N–H and O–H groups in total. The quantitative estimate of drug-likeness (QED) is 0.0409. The predicted molar refractivity (Wildman–Crippen MR) is 211 cm³/mol. The number of unbranched alkanes of at least 4 members (excludes halogenated alkanes) is 10. The Kier molecular flexibility index (Phi) is 25.2. The van der Waals surface area contributed by atoms with Gasteiger partial charge in [0.25, 0.3) is 0 Å². The van der Waals surface area contributed by atoms with Crippen LogP contribution in [0.1, 0.15) is 112 Å². The summed E-state index contributed by atoms with van der Waals surface area (Å²) in [4.78, 5) is 11.8. The highest BCUT2D eigenvalue weighted by molar-refractivity contribution is 7.99. The van der Waals surface area contributed by atoms with Crippen LogP contribution in [0, 0.1) is 0 Å². The Morgan fingerprint density at radius 2 is 0.837 bits per heavy atom. The molecule has 0 aliphatic carbocycles. The van der Waals surface area contributed by atoms with Crippen LogP contribution in [0.15, 0.2) is 46.5 Å². The van der Waals surface area contributed by atoms with Gasteiger partial charge in [-0.05, 0) is 96.1 Å². The fourth-order valence-corrected chi connectivity index (χ4v) is 12.7. The van der Waals surface area contributed by atoms with Gasteiger partial charge in [0, 0.05) is 74.4 Å². The lowest BCUT2D eigenvalue weighted by Gasteiger charge is -2.28. The topological polar surface area (TPSA) is 81.2 Å². The molecule has 0 aliphatic heterocycles. The van der Waals surface area contributed by atoms with Gasteiger partial charge in [0.05, 0.1) is 11.4 Å². The lowest BCUT2D eigenvalue weighted by molar-refractivity contribution is 0.0706. The monoisotopic (exact) mass is 754 g/mol. The van der Waals surface area contributed by atoms with Crippen molar-refractivity contribution in [2.45, 2.75) is 134 Å². The molecule has 0 unspecified atom stereocenters. The second kappa shape index (κ2) is 27.8. The molecule has 0 radical (unpaired) electrons. The van der Waals surface area contributed by atoms with E-state index < -0.39 is 17.6 Å². The van der Waals surface area contributed by atoms with Gasteiger partial charge in [-0.25, -0.2) is 0 Å². The van der Waals surface area contributed by atoms with Crippen LogP contribution in [0.25, 0.3) is 11.4 Å². The maximum Gasteiger partial charge on any atom is 0.500 e. The molecule has 280 valence electrons. The van der Waals surface area contributed by atoms with E-state index in [1.54, 1.807) is 7.11 Å². The van der Waals surface area contributed by atoms with Gasteiger partial charge in [0.15, 0.2) is 0 Å². The van der Waals surface area contributed by atoms with Crippen LogP contribution in [0.5, 0.6) is 0 Å². The summed E-state index contributed by atoms with van der Waals surface area (Å²) < 4.78 is 35.4. The number of hydrogen-bond acceptors (Lipinski definition) is 10. The van der Waals surface area contributed by atoms with Crippen LogP contribution in [0.2, 0.25) is 12.1 Å². The van der Waals surface area contributed by atoms with Crippen LogP contribution in [-0.4, -0.2) is 79.2 Å². The van der Waals surface area contributed by atoms with Crippen molar-refractivity contribution in [1.29, 1.82) is 0 Å². The summed E-state index contributed by atoms with van der Waals surface area (Å²) in [6.07, 6.45) is 18.4. The standard InChI is InChI=1S/C37H66N2O6S2Si2/c1-7-41-48(40-6,42-8-2)30-22-18-14-12-16-20-28-46-34-24-26-38-36(32-34)37-33-35(25-27-39-37)47-29-21-17-13-15-19-23-31-49(43-9-3,44-10-4)45-11-5/h24-27,32-33H,7-23,28-31H2,1-6H3. The van der Waals surface area contributed by atoms with Crippen molar-refractivity contribution in [2.24, 2.45) is 0 Å². The van der Waals surface area contributed by atoms with Crippen LogP contribution in [-0.2, 0) is 26.6 Å². The molecule has 0 bridgehead atoms. The first-order valence-electron chi connectivity index (χ1n) is 18.9. The summed E-state index contributed by atoms with van der Waals surface area (Å²) >= 11 is 3.84. The van der Waals surface area contributed by atoms with E-state index in [1.165, 1.54) is 74.0 Å². The zero-order valence-corrected chi connectivity index (χ0v) is 35.1. The summed E-state index contributed by atoms with van der Waals surface area (Å²) in [5.41, 5.74) is 1.90. The minimum absolute atomic E-state index is 0.644. The van der Waals surface area contributed by atoms with E-state index in [9.17, 15) is 0 Å². The van der Waals surface area contributed by atoms with E-state index in [1.807, 2.05) is 70.5 Å². The van der Waals surface area contributed by atoms with E-state index in [0.29, 0.717) is 33.0 Å². The molecule has 0 spiro atoms. The lowest BCUT2D eigenvalue weighted by Crippen LogP contribution is -2.45. The van der Waals surface area contributed by atoms with Gasteiger partial charge in [0.2, 0.25) is 0 Å². The summed E-state index contributed by atoms with van der Waals surface area (Å²) in [5, 5.41) is 0. The summed E-state index contributed by atoms with van der Waals surface area (Å²) in [7, 11) is -3.23. The molecule has 8 nitrogen and oxygen atoms in total. The molecule has 0 saturated heterocycles. The SMILES string of the molecule is CCO[Si](CCCCCCCCSc1ccnc(-c2cc(SCCCCCCCC[Si](OCC)(OCC)OCC)ccn2)c1)(OC)OCC. The van der Waals surface area contributed by atoms with Crippen molar-refractivity contribution in [3.8, 4) is 11.4 Å². The van der Waals surface area contributed by atoms with E-state index in [-0.39, 0.29) is 0 Å². The average Bonchev–Trinajstić information content (AvgIpc) is 3.11. The smallest absolute Gasteiger partial charge is 0.377 e. The molecule has 0 aliphatic rings. The first kappa shape index (κ1) is 44.4. The van der Waals surface area contributed by atoms with Crippen molar-refractivity contribution < 1.29 is 26.6 Å². The second-order valence-corrected chi connectivity index (χ2v) is 19.8. The van der Waals surface area contributed by atoms with Crippen molar-refractivity contribution in [1.82, 2.24) is 9.97 Å². The molecule has 49 heavy (non-hydrogen) atoms. The van der Waals surface area contributed by atoms with E-state index in [2.05, 4.69) is 34.2 Å². The molecule has 0 amide bonds. The number of nitrogens with zero attached hydrogens (tertiary/aromatic N) is 2. The molecular weight excluding hydrogens is 689 g/mol. The molecule has 0 atom stereocenters. The Morgan fingerprint density at radius 3 is 1.22 bits per heavy atom. The van der Waals surface area contributed by atoms with Crippen LogP contribution >= 0.6 is 23.5 Å². The Labute approximate surface area is 309 Å². The van der Waals surface area contributed by atoms with Crippen LogP contribution in [0.3, 0.4) is 0 Å². The maximum absolute atomic E-state index is 5.98. The maximum atomic E-state index is 5.98. The number of thioether (sulfide) groups is 2. The molecular formula is C37H66N2O6S2Si2. The highest BCUT2D eigenvalue weighted by Crippen LogP contribution is 2.28. The van der Waals surface area contributed by atoms with Crippen molar-refractivity contribution in [3.05, 3.63) is 36.7 Å². The van der Waals surface area contributed by atoms with E-state index in [0.717, 1.165) is 47.8 Å². The third kappa shape index (κ3) is 18.5. The van der Waals surface area contributed by atoms with Gasteiger partial charge < -0.3 is 26.6 Å². The van der Waals surface area contributed by atoms with Gasteiger partial charge in [-0.2, -0.15) is 0 Å². The van der Waals surface area contributed by atoms with E-state index in [4.69, 9.17) is 26.6 Å². The van der Waals surface area contributed by atoms with Crippen LogP contribution < -0.4 is 0 Å². The number of hydrogen-bond donors (Lipinski definition) is 0. The fraction of sp³-hybridized carbons (Fsp3) is 0.730. The van der Waals surface area contributed by atoms with Crippen molar-refractivity contribution >= 4 is 41.1 Å². The Balaban J connectivity index is 1.62. The first-order valence-corrected chi connectivity index (χ1v) is 24.8. The summed E-state index contributed by atoms with van der Waals surface area (Å²) in [6, 6.07) is 10.4. The van der Waals surface area contributed by atoms with E-state index >= 15 is 0 Å². The number of pyridine rings is 2. The molecule has 2 aromatic rings. The molecule has 12 heteroatoms. The summed E-state index contributed by atoms with van der Waals surface area (Å²) in [5.74, 6) is 2.25. The Morgan fingerprint density at radius 1 is 0.490 bits per heavy atom. The third-order valence-electron chi connectivity index (χ3n) is 8.15. The van der Waals surface area contributed by atoms with Crippen LogP contribution in [0.4, 0.5) is 0 Å². The van der Waals surface area contributed by atoms with Crippen molar-refractivity contribution in [3.63, 3.8) is 0 Å². The lowest BCUT2D eigenvalue weighted by atomic mass is 10.1. The number of rotatable bonds is 32. The summed E-state index contributed by atoms with van der Waals surface area (Å²) in [6.45, 7) is 13.3. The normalized spacial score (nSPS) is 12.2. The largest absolute Gasteiger partial charge is 0.500 e. The minimum atomic E-state index is -2.49. The Bertz CT molecular complexity index is 1080. The first-order chi connectivity index (χ1) is 24.0. The molecule has 2 heterocycles. The van der Waals surface area contributed by atoms with Gasteiger partial charge in [-0.3, -0.25) is 9.97 Å². The highest BCUT2D eigenvalue weighted by atomic mass is 32.2. The molecule has 2 rings (SSSR count). The third-order valence-corrected chi connectivity index (χ3v) is 16.5. The molecule has 0 aromatic carbocycles. The molecule has 2 aromatic heterocycles. The highest BCUT2D eigenvalue weighted by Gasteiger charge is 2.40. The average molecular weight is 755 g/mol. The number of aromatic nitrogens is 2. The fourth-order valence-electron chi connectivity index (χ4n) is 5.81. The zero-order chi connectivity index (χ0) is 35.5. The van der Waals surface area contributed by atoms with Gasteiger partial charge in [-0.1, -0.05) is 51.4 Å². The van der Waals surface area contributed by atoms with Crippen molar-refractivity contribution in [2.75, 3.05) is 51.6 Å². The molecule has 0 saturated carbocycles. The molecule has 0 fully saturated rings. The predicted octanol–water partition coefficient (Wildman–Crippen LogP) is 10.7. The Hall–Kier alpha value is -0.806. The van der Waals surface area contributed by atoms with Gasteiger partial charge in [0.1, 0.15) is 0 Å². The van der Waals surface area contributed by atoms with Gasteiger partial charge in [-0.15, -0.1) is 23.5 Å². The second-order valence-electron chi connectivity index (χ2n) is 11.9. The zero-order valence-electron chi connectivity index (χ0n) is 31.5. The minimum Gasteiger partial charge on any atom is -0.377 e.